The predicted octanol–water partition coefficient (Wildman–Crippen LogP) is 3.63. The van der Waals surface area contributed by atoms with Crippen LogP contribution in [0.2, 0.25) is 0 Å². The van der Waals surface area contributed by atoms with Crippen LogP contribution in [0.1, 0.15) is 5.56 Å². The van der Waals surface area contributed by atoms with Crippen LogP contribution in [-0.2, 0) is 6.54 Å². The largest absolute Gasteiger partial charge is 0.326 e. The van der Waals surface area contributed by atoms with Gasteiger partial charge < -0.3 is 5.73 Å². The number of hydrogen-bond acceptors (Lipinski definition) is 6. The zero-order valence-electron chi connectivity index (χ0n) is 9.01. The second-order valence-electron chi connectivity index (χ2n) is 3.10. The van der Waals surface area contributed by atoms with Gasteiger partial charge in [-0.2, -0.15) is 0 Å². The van der Waals surface area contributed by atoms with Crippen molar-refractivity contribution >= 4 is 50.8 Å². The molecule has 0 aliphatic carbocycles. The molecule has 0 spiro atoms. The van der Waals surface area contributed by atoms with Crippen molar-refractivity contribution in [1.29, 1.82) is 0 Å². The third kappa shape index (κ3) is 3.45. The van der Waals surface area contributed by atoms with E-state index >= 15 is 0 Å². The van der Waals surface area contributed by atoms with Gasteiger partial charge in [-0.1, -0.05) is 56.9 Å². The number of hydrogen-bond donors (Lipinski definition) is 1. The van der Waals surface area contributed by atoms with Crippen molar-refractivity contribution < 1.29 is 0 Å². The minimum Gasteiger partial charge on any atom is -0.326 e. The maximum absolute atomic E-state index is 5.72. The van der Waals surface area contributed by atoms with Gasteiger partial charge in [-0.3, -0.25) is 0 Å². The topological polar surface area (TPSA) is 51.8 Å². The van der Waals surface area contributed by atoms with E-state index in [2.05, 4.69) is 32.2 Å². The third-order valence-electron chi connectivity index (χ3n) is 2.01. The third-order valence-corrected chi connectivity index (χ3v) is 5.55. The number of halogens is 1. The van der Waals surface area contributed by atoms with E-state index in [-0.39, 0.29) is 0 Å². The SMILES string of the molecule is CSc1nnc(Sc2cc(Br)ccc2CN)s1. The van der Waals surface area contributed by atoms with Crippen LogP contribution in [-0.4, -0.2) is 16.5 Å². The summed E-state index contributed by atoms with van der Waals surface area (Å²) in [7, 11) is 0. The first-order valence-electron chi connectivity index (χ1n) is 4.76. The van der Waals surface area contributed by atoms with Gasteiger partial charge in [-0.25, -0.2) is 0 Å². The van der Waals surface area contributed by atoms with Crippen molar-refractivity contribution in [3.8, 4) is 0 Å². The molecule has 0 saturated carbocycles. The van der Waals surface area contributed by atoms with Crippen LogP contribution < -0.4 is 5.73 Å². The van der Waals surface area contributed by atoms with Crippen molar-refractivity contribution in [2.75, 3.05) is 6.26 Å². The lowest BCUT2D eigenvalue weighted by molar-refractivity contribution is 0.953. The number of nitrogens with zero attached hydrogens (tertiary/aromatic N) is 2. The van der Waals surface area contributed by atoms with Crippen molar-refractivity contribution in [2.24, 2.45) is 5.73 Å². The Kier molecular flexibility index (Phi) is 4.87. The molecule has 7 heteroatoms. The molecule has 0 unspecified atom stereocenters. The lowest BCUT2D eigenvalue weighted by Gasteiger charge is -2.05. The summed E-state index contributed by atoms with van der Waals surface area (Å²) in [5.41, 5.74) is 6.84. The van der Waals surface area contributed by atoms with E-state index < -0.39 is 0 Å². The fraction of sp³-hybridized carbons (Fsp3) is 0.200. The minimum absolute atomic E-state index is 0.532. The van der Waals surface area contributed by atoms with Gasteiger partial charge in [-0.05, 0) is 24.0 Å². The summed E-state index contributed by atoms with van der Waals surface area (Å²) < 4.78 is 2.98. The lowest BCUT2D eigenvalue weighted by Crippen LogP contribution is -1.97. The van der Waals surface area contributed by atoms with Gasteiger partial charge in [0.1, 0.15) is 0 Å². The summed E-state index contributed by atoms with van der Waals surface area (Å²) in [6.45, 7) is 0.532. The van der Waals surface area contributed by atoms with Gasteiger partial charge in [0.15, 0.2) is 8.68 Å². The molecule has 2 aromatic rings. The molecule has 90 valence electrons. The smallest absolute Gasteiger partial charge is 0.179 e. The first kappa shape index (κ1) is 13.4. The molecule has 17 heavy (non-hydrogen) atoms. The second-order valence-corrected chi connectivity index (χ2v) is 7.33. The zero-order chi connectivity index (χ0) is 12.3. The molecule has 3 nitrogen and oxygen atoms in total. The quantitative estimate of drug-likeness (QED) is 0.855. The van der Waals surface area contributed by atoms with Gasteiger partial charge in [-0.15, -0.1) is 10.2 Å². The average Bonchev–Trinajstić information content (AvgIpc) is 2.77. The van der Waals surface area contributed by atoms with Crippen molar-refractivity contribution in [3.05, 3.63) is 28.2 Å². The zero-order valence-corrected chi connectivity index (χ0v) is 13.0. The van der Waals surface area contributed by atoms with E-state index in [1.54, 1.807) is 34.9 Å². The summed E-state index contributed by atoms with van der Waals surface area (Å²) in [6, 6.07) is 6.09. The minimum atomic E-state index is 0.532. The van der Waals surface area contributed by atoms with E-state index in [0.717, 1.165) is 23.6 Å². The molecule has 2 N–H and O–H groups in total. The highest BCUT2D eigenvalue weighted by Crippen LogP contribution is 2.35. The summed E-state index contributed by atoms with van der Waals surface area (Å²) in [6.07, 6.45) is 2.00. The summed E-state index contributed by atoms with van der Waals surface area (Å²) in [5.74, 6) is 0. The number of aromatic nitrogens is 2. The maximum Gasteiger partial charge on any atom is 0.179 e. The van der Waals surface area contributed by atoms with Crippen LogP contribution in [0.3, 0.4) is 0 Å². The lowest BCUT2D eigenvalue weighted by atomic mass is 10.2. The Morgan fingerprint density at radius 2 is 2.12 bits per heavy atom. The molecule has 0 atom stereocenters. The molecular formula is C10H10BrN3S3. The summed E-state index contributed by atoms with van der Waals surface area (Å²) in [4.78, 5) is 1.13. The van der Waals surface area contributed by atoms with Gasteiger partial charge in [0.2, 0.25) is 0 Å². The average molecular weight is 348 g/mol. The Balaban J connectivity index is 2.25. The maximum atomic E-state index is 5.72. The van der Waals surface area contributed by atoms with Crippen molar-refractivity contribution in [3.63, 3.8) is 0 Å². The van der Waals surface area contributed by atoms with Crippen LogP contribution in [0.25, 0.3) is 0 Å². The molecule has 0 amide bonds. The molecule has 2 rings (SSSR count). The first-order chi connectivity index (χ1) is 8.22. The Hall–Kier alpha value is -0.0800. The monoisotopic (exact) mass is 347 g/mol. The predicted molar refractivity (Wildman–Crippen MR) is 77.8 cm³/mol. The molecule has 1 aromatic carbocycles. The molecule has 0 aliphatic rings. The van der Waals surface area contributed by atoms with E-state index in [4.69, 9.17) is 5.73 Å². The van der Waals surface area contributed by atoms with Crippen LogP contribution in [0.15, 0.2) is 36.2 Å². The Labute approximate surface area is 121 Å². The Morgan fingerprint density at radius 3 is 2.76 bits per heavy atom. The van der Waals surface area contributed by atoms with Crippen molar-refractivity contribution in [2.45, 2.75) is 20.1 Å². The molecule has 1 heterocycles. The highest BCUT2D eigenvalue weighted by Gasteiger charge is 2.08. The van der Waals surface area contributed by atoms with Crippen LogP contribution >= 0.6 is 50.8 Å². The summed E-state index contributed by atoms with van der Waals surface area (Å²) in [5, 5.41) is 8.22. The van der Waals surface area contributed by atoms with Gasteiger partial charge in [0.05, 0.1) is 0 Å². The van der Waals surface area contributed by atoms with Gasteiger partial charge in [0.25, 0.3) is 0 Å². The van der Waals surface area contributed by atoms with Crippen molar-refractivity contribution in [1.82, 2.24) is 10.2 Å². The molecule has 1 aromatic heterocycles. The molecule has 0 fully saturated rings. The molecular weight excluding hydrogens is 338 g/mol. The van der Waals surface area contributed by atoms with Crippen LogP contribution in [0.4, 0.5) is 0 Å². The number of rotatable bonds is 4. The first-order valence-corrected chi connectivity index (χ1v) is 8.42. The fourth-order valence-corrected chi connectivity index (χ4v) is 4.29. The normalized spacial score (nSPS) is 10.8. The molecule has 0 saturated heterocycles. The van der Waals surface area contributed by atoms with E-state index in [9.17, 15) is 0 Å². The molecule has 0 aliphatic heterocycles. The highest BCUT2D eigenvalue weighted by atomic mass is 79.9. The number of benzene rings is 1. The second kappa shape index (κ2) is 6.19. The van der Waals surface area contributed by atoms with E-state index in [0.29, 0.717) is 6.54 Å². The number of nitrogens with two attached hydrogens (primary N) is 1. The summed E-state index contributed by atoms with van der Waals surface area (Å²) >= 11 is 8.29. The van der Waals surface area contributed by atoms with Gasteiger partial charge >= 0.3 is 0 Å². The van der Waals surface area contributed by atoms with E-state index in [1.807, 2.05) is 18.4 Å². The molecule has 0 radical (unpaired) electrons. The Bertz CT molecular complexity index is 515. The van der Waals surface area contributed by atoms with Crippen LogP contribution in [0.5, 0.6) is 0 Å². The molecule has 0 bridgehead atoms. The van der Waals surface area contributed by atoms with Gasteiger partial charge in [0, 0.05) is 15.9 Å². The fourth-order valence-electron chi connectivity index (χ4n) is 1.21. The van der Waals surface area contributed by atoms with E-state index in [1.165, 1.54) is 0 Å². The Morgan fingerprint density at radius 1 is 1.35 bits per heavy atom. The highest BCUT2D eigenvalue weighted by molar-refractivity contribution is 9.10. The number of thioether (sulfide) groups is 1. The standard InChI is InChI=1S/C10H10BrN3S3/c1-15-9-13-14-10(17-9)16-8-4-7(11)3-2-6(8)5-12/h2-4H,5,12H2,1H3. The van der Waals surface area contributed by atoms with Crippen LogP contribution in [0, 0.1) is 0 Å².